The Morgan fingerprint density at radius 2 is 1.79 bits per heavy atom. The van der Waals surface area contributed by atoms with E-state index in [1.807, 2.05) is 17.9 Å². The van der Waals surface area contributed by atoms with E-state index in [-0.39, 0.29) is 5.91 Å². The molecule has 1 aliphatic rings. The van der Waals surface area contributed by atoms with Gasteiger partial charge in [0, 0.05) is 49.6 Å². The van der Waals surface area contributed by atoms with Crippen molar-refractivity contribution in [3.63, 3.8) is 0 Å². The maximum Gasteiger partial charge on any atom is 0.416 e. The third-order valence-electron chi connectivity index (χ3n) is 5.42. The first-order chi connectivity index (χ1) is 15.7. The van der Waals surface area contributed by atoms with E-state index in [4.69, 9.17) is 9.47 Å². The van der Waals surface area contributed by atoms with E-state index >= 15 is 0 Å². The lowest BCUT2D eigenvalue weighted by Gasteiger charge is -2.36. The third kappa shape index (κ3) is 6.63. The Morgan fingerprint density at radius 1 is 1.06 bits per heavy atom. The average molecular weight is 465 g/mol. The van der Waals surface area contributed by atoms with Gasteiger partial charge in [0.2, 0.25) is 0 Å². The van der Waals surface area contributed by atoms with Gasteiger partial charge in [-0.05, 0) is 49.2 Å². The molecule has 0 atom stereocenters. The van der Waals surface area contributed by atoms with Gasteiger partial charge in [0.15, 0.2) is 0 Å². The monoisotopic (exact) mass is 464 g/mol. The van der Waals surface area contributed by atoms with Crippen LogP contribution >= 0.6 is 0 Å². The van der Waals surface area contributed by atoms with Gasteiger partial charge in [-0.1, -0.05) is 19.9 Å². The number of nitrogens with zero attached hydrogens (tertiary/aromatic N) is 2. The number of anilines is 1. The molecule has 0 aromatic heterocycles. The lowest BCUT2D eigenvalue weighted by atomic mass is 10.1. The molecule has 33 heavy (non-hydrogen) atoms. The highest BCUT2D eigenvalue weighted by Crippen LogP contribution is 2.32. The molecule has 0 saturated carbocycles. The largest absolute Gasteiger partial charge is 0.494 e. The van der Waals surface area contributed by atoms with Crippen molar-refractivity contribution in [3.05, 3.63) is 59.2 Å². The standard InChI is InChI=1S/C25H31F3N2O3/c1-4-33-23-9-8-19(14-20(23)17-32-16-18(2)3)24(31)30-12-10-29(11-13-30)22-7-5-6-21(15-22)25(26,27)28/h5-9,14-15,18H,4,10-13,16-17H2,1-3H3. The van der Waals surface area contributed by atoms with E-state index < -0.39 is 11.7 Å². The predicted octanol–water partition coefficient (Wildman–Crippen LogP) is 5.24. The summed E-state index contributed by atoms with van der Waals surface area (Å²) >= 11 is 0. The SMILES string of the molecule is CCOc1ccc(C(=O)N2CCN(c3cccc(C(F)(F)F)c3)CC2)cc1COCC(C)C. The zero-order chi connectivity index (χ0) is 24.0. The smallest absolute Gasteiger partial charge is 0.416 e. The minimum absolute atomic E-state index is 0.105. The maximum absolute atomic E-state index is 13.1. The first kappa shape index (κ1) is 24.9. The van der Waals surface area contributed by atoms with Crippen LogP contribution in [0.15, 0.2) is 42.5 Å². The fraction of sp³-hybridized carbons (Fsp3) is 0.480. The lowest BCUT2D eigenvalue weighted by molar-refractivity contribution is -0.137. The van der Waals surface area contributed by atoms with Gasteiger partial charge in [-0.15, -0.1) is 0 Å². The van der Waals surface area contributed by atoms with Crippen LogP contribution in [0.1, 0.15) is 42.3 Å². The third-order valence-corrected chi connectivity index (χ3v) is 5.42. The molecule has 5 nitrogen and oxygen atoms in total. The van der Waals surface area contributed by atoms with Crippen LogP contribution in [0.25, 0.3) is 0 Å². The minimum atomic E-state index is -4.38. The van der Waals surface area contributed by atoms with Crippen LogP contribution in [0.5, 0.6) is 5.75 Å². The first-order valence-corrected chi connectivity index (χ1v) is 11.2. The molecule has 8 heteroatoms. The summed E-state index contributed by atoms with van der Waals surface area (Å²) < 4.78 is 50.5. The maximum atomic E-state index is 13.1. The normalized spacial score (nSPS) is 14.6. The number of benzene rings is 2. The molecule has 2 aromatic rings. The van der Waals surface area contributed by atoms with Gasteiger partial charge in [0.25, 0.3) is 5.91 Å². The Morgan fingerprint density at radius 3 is 2.42 bits per heavy atom. The van der Waals surface area contributed by atoms with E-state index in [9.17, 15) is 18.0 Å². The van der Waals surface area contributed by atoms with Crippen LogP contribution in [0.3, 0.4) is 0 Å². The lowest BCUT2D eigenvalue weighted by Crippen LogP contribution is -2.48. The van der Waals surface area contributed by atoms with Crippen molar-refractivity contribution in [2.45, 2.75) is 33.6 Å². The number of hydrogen-bond donors (Lipinski definition) is 0. The molecule has 1 fully saturated rings. The minimum Gasteiger partial charge on any atom is -0.494 e. The van der Waals surface area contributed by atoms with Crippen LogP contribution in [0.4, 0.5) is 18.9 Å². The number of ether oxygens (including phenoxy) is 2. The van der Waals surface area contributed by atoms with Crippen LogP contribution in [-0.4, -0.2) is 50.2 Å². The molecule has 0 bridgehead atoms. The van der Waals surface area contributed by atoms with Crippen molar-refractivity contribution < 1.29 is 27.4 Å². The van der Waals surface area contributed by atoms with E-state index in [1.54, 1.807) is 23.1 Å². The summed E-state index contributed by atoms with van der Waals surface area (Å²) in [4.78, 5) is 16.7. The number of piperazine rings is 1. The van der Waals surface area contributed by atoms with Crippen molar-refractivity contribution in [3.8, 4) is 5.75 Å². The Balaban J connectivity index is 1.66. The summed E-state index contributed by atoms with van der Waals surface area (Å²) in [6.45, 7) is 9.33. The van der Waals surface area contributed by atoms with Crippen LogP contribution in [0, 0.1) is 5.92 Å². The number of amides is 1. The van der Waals surface area contributed by atoms with Gasteiger partial charge in [0.1, 0.15) is 5.75 Å². The van der Waals surface area contributed by atoms with E-state index in [2.05, 4.69) is 13.8 Å². The summed E-state index contributed by atoms with van der Waals surface area (Å²) in [5.41, 5.74) is 1.22. The van der Waals surface area contributed by atoms with E-state index in [1.165, 1.54) is 6.07 Å². The fourth-order valence-electron chi connectivity index (χ4n) is 3.76. The fourth-order valence-corrected chi connectivity index (χ4v) is 3.76. The number of hydrogen-bond acceptors (Lipinski definition) is 4. The van der Waals surface area contributed by atoms with Crippen LogP contribution in [-0.2, 0) is 17.5 Å². The van der Waals surface area contributed by atoms with Crippen molar-refractivity contribution in [1.82, 2.24) is 4.90 Å². The van der Waals surface area contributed by atoms with E-state index in [0.29, 0.717) is 68.9 Å². The van der Waals surface area contributed by atoms with Crippen molar-refractivity contribution in [2.75, 3.05) is 44.3 Å². The molecule has 0 N–H and O–H groups in total. The molecule has 0 radical (unpaired) electrons. The second-order valence-electron chi connectivity index (χ2n) is 8.49. The summed E-state index contributed by atoms with van der Waals surface area (Å²) in [6.07, 6.45) is -4.38. The zero-order valence-electron chi connectivity index (χ0n) is 19.3. The second-order valence-corrected chi connectivity index (χ2v) is 8.49. The number of alkyl halides is 3. The number of carbonyl (C=O) groups is 1. The second kappa shape index (κ2) is 10.9. The number of rotatable bonds is 8. The quantitative estimate of drug-likeness (QED) is 0.536. The molecule has 1 heterocycles. The molecular weight excluding hydrogens is 433 g/mol. The Bertz CT molecular complexity index is 939. The van der Waals surface area contributed by atoms with Crippen molar-refractivity contribution >= 4 is 11.6 Å². The average Bonchev–Trinajstić information content (AvgIpc) is 2.79. The van der Waals surface area contributed by atoms with E-state index in [0.717, 1.165) is 17.7 Å². The summed E-state index contributed by atoms with van der Waals surface area (Å²) in [5.74, 6) is 0.998. The Hall–Kier alpha value is -2.74. The molecule has 1 aliphatic heterocycles. The number of carbonyl (C=O) groups excluding carboxylic acids is 1. The van der Waals surface area contributed by atoms with Crippen LogP contribution in [0.2, 0.25) is 0 Å². The molecule has 0 aliphatic carbocycles. The summed E-state index contributed by atoms with van der Waals surface area (Å²) in [6, 6.07) is 10.7. The molecule has 0 spiro atoms. The van der Waals surface area contributed by atoms with Gasteiger partial charge in [0.05, 0.1) is 18.8 Å². The molecule has 0 unspecified atom stereocenters. The molecule has 1 saturated heterocycles. The van der Waals surface area contributed by atoms with Crippen LogP contribution < -0.4 is 9.64 Å². The van der Waals surface area contributed by atoms with Gasteiger partial charge in [-0.3, -0.25) is 4.79 Å². The van der Waals surface area contributed by atoms with Crippen molar-refractivity contribution in [1.29, 1.82) is 0 Å². The predicted molar refractivity (Wildman–Crippen MR) is 122 cm³/mol. The summed E-state index contributed by atoms with van der Waals surface area (Å²) in [7, 11) is 0. The highest BCUT2D eigenvalue weighted by atomic mass is 19.4. The Kier molecular flexibility index (Phi) is 8.24. The molecule has 180 valence electrons. The van der Waals surface area contributed by atoms with Crippen molar-refractivity contribution in [2.24, 2.45) is 5.92 Å². The highest BCUT2D eigenvalue weighted by molar-refractivity contribution is 5.94. The molecular formula is C25H31F3N2O3. The topological polar surface area (TPSA) is 42.0 Å². The number of halogens is 3. The molecule has 3 rings (SSSR count). The first-order valence-electron chi connectivity index (χ1n) is 11.2. The highest BCUT2D eigenvalue weighted by Gasteiger charge is 2.31. The van der Waals surface area contributed by atoms with Gasteiger partial charge < -0.3 is 19.3 Å². The zero-order valence-corrected chi connectivity index (χ0v) is 19.3. The molecule has 2 aromatic carbocycles. The van der Waals surface area contributed by atoms with Gasteiger partial charge in [-0.2, -0.15) is 13.2 Å². The van der Waals surface area contributed by atoms with Gasteiger partial charge >= 0.3 is 6.18 Å². The molecule has 1 amide bonds. The Labute approximate surface area is 193 Å². The van der Waals surface area contributed by atoms with Gasteiger partial charge in [-0.25, -0.2) is 0 Å². The summed E-state index contributed by atoms with van der Waals surface area (Å²) in [5, 5.41) is 0.